The van der Waals surface area contributed by atoms with E-state index >= 15 is 0 Å². The molecule has 1 fully saturated rings. The van der Waals surface area contributed by atoms with Gasteiger partial charge in [-0.1, -0.05) is 18.0 Å². The normalized spacial score (nSPS) is 13.6. The fourth-order valence-corrected chi connectivity index (χ4v) is 2.37. The molecule has 2 rings (SSSR count). The van der Waals surface area contributed by atoms with E-state index in [-0.39, 0.29) is 34.8 Å². The number of ether oxygens (including phenoxy) is 3. The first-order chi connectivity index (χ1) is 11.5. The number of halogens is 1. The Morgan fingerprint density at radius 3 is 2.54 bits per heavy atom. The van der Waals surface area contributed by atoms with Crippen molar-refractivity contribution in [3.8, 4) is 5.75 Å². The minimum Gasteiger partial charge on any atom is -0.496 e. The molecule has 1 aliphatic rings. The van der Waals surface area contributed by atoms with Crippen LogP contribution in [0.5, 0.6) is 5.75 Å². The number of carbonyl (C=O) groups excluding carboxylic acids is 3. The quantitative estimate of drug-likeness (QED) is 0.643. The van der Waals surface area contributed by atoms with Crippen LogP contribution in [0.1, 0.15) is 36.5 Å². The van der Waals surface area contributed by atoms with Crippen LogP contribution in [-0.4, -0.2) is 31.7 Å². The van der Waals surface area contributed by atoms with Gasteiger partial charge < -0.3 is 19.5 Å². The molecule has 1 saturated carbocycles. The molecule has 0 aliphatic heterocycles. The molecule has 24 heavy (non-hydrogen) atoms. The van der Waals surface area contributed by atoms with E-state index in [4.69, 9.17) is 16.3 Å². The van der Waals surface area contributed by atoms with Gasteiger partial charge in [0.1, 0.15) is 11.3 Å². The third-order valence-corrected chi connectivity index (χ3v) is 3.99. The van der Waals surface area contributed by atoms with E-state index in [0.717, 1.165) is 19.3 Å². The van der Waals surface area contributed by atoms with Gasteiger partial charge in [-0.2, -0.15) is 0 Å². The third kappa shape index (κ3) is 4.17. The molecule has 1 aromatic rings. The zero-order valence-electron chi connectivity index (χ0n) is 13.4. The first kappa shape index (κ1) is 18.1. The fourth-order valence-electron chi connectivity index (χ4n) is 2.16. The molecule has 130 valence electrons. The lowest BCUT2D eigenvalue weighted by Gasteiger charge is -2.24. The van der Waals surface area contributed by atoms with Crippen LogP contribution in [0.25, 0.3) is 0 Å². The van der Waals surface area contributed by atoms with Crippen molar-refractivity contribution in [1.82, 2.24) is 0 Å². The molecule has 0 saturated heterocycles. The van der Waals surface area contributed by atoms with Gasteiger partial charge in [0, 0.05) is 12.0 Å². The summed E-state index contributed by atoms with van der Waals surface area (Å²) in [6.45, 7) is 1.67. The lowest BCUT2D eigenvalue weighted by Crippen LogP contribution is -2.28. The molecular formula is C16H18ClNO6. The van der Waals surface area contributed by atoms with Crippen molar-refractivity contribution in [3.63, 3.8) is 0 Å². The summed E-state index contributed by atoms with van der Waals surface area (Å²) in [6, 6.07) is 2.69. The van der Waals surface area contributed by atoms with Gasteiger partial charge in [0.25, 0.3) is 0 Å². The molecular weight excluding hydrogens is 338 g/mol. The molecule has 1 amide bonds. The second kappa shape index (κ2) is 8.01. The van der Waals surface area contributed by atoms with Gasteiger partial charge in [0.2, 0.25) is 5.91 Å². The van der Waals surface area contributed by atoms with Crippen LogP contribution in [0.2, 0.25) is 5.02 Å². The molecule has 0 heterocycles. The molecule has 0 atom stereocenters. The largest absolute Gasteiger partial charge is 0.516 e. The van der Waals surface area contributed by atoms with E-state index in [9.17, 15) is 14.4 Å². The van der Waals surface area contributed by atoms with E-state index in [1.165, 1.54) is 19.2 Å². The monoisotopic (exact) mass is 355 g/mol. The number of esters is 1. The zero-order valence-corrected chi connectivity index (χ0v) is 14.1. The molecule has 1 N–H and O–H groups in total. The number of hydrogen-bond donors (Lipinski definition) is 1. The number of anilines is 1. The number of benzene rings is 1. The van der Waals surface area contributed by atoms with Crippen molar-refractivity contribution < 1.29 is 28.6 Å². The van der Waals surface area contributed by atoms with Crippen LogP contribution in [-0.2, 0) is 14.3 Å². The Hall–Kier alpha value is -2.28. The Bertz CT molecular complexity index is 656. The Morgan fingerprint density at radius 1 is 1.29 bits per heavy atom. The van der Waals surface area contributed by atoms with Crippen LogP contribution >= 0.6 is 11.6 Å². The first-order valence-corrected chi connectivity index (χ1v) is 7.91. The van der Waals surface area contributed by atoms with Crippen LogP contribution in [0.4, 0.5) is 10.5 Å². The topological polar surface area (TPSA) is 90.9 Å². The summed E-state index contributed by atoms with van der Waals surface area (Å²) < 4.78 is 14.2. The minimum absolute atomic E-state index is 0.0134. The summed E-state index contributed by atoms with van der Waals surface area (Å²) in [5.74, 6) is -0.964. The summed E-state index contributed by atoms with van der Waals surface area (Å²) in [5, 5.41) is 2.86. The summed E-state index contributed by atoms with van der Waals surface area (Å²) in [4.78, 5) is 35.3. The lowest BCUT2D eigenvalue weighted by atomic mass is 9.85. The van der Waals surface area contributed by atoms with Gasteiger partial charge in [-0.25, -0.2) is 9.59 Å². The standard InChI is InChI=1S/C16H18ClNO6/c1-3-23-16(21)24-15(20)10-7-11(17)12(8-13(10)22-2)18-14(19)9-5-4-6-9/h7-9H,3-6H2,1-2H3,(H,18,19). The molecule has 8 heteroatoms. The van der Waals surface area contributed by atoms with Gasteiger partial charge >= 0.3 is 12.1 Å². The maximum Gasteiger partial charge on any atom is 0.516 e. The lowest BCUT2D eigenvalue weighted by molar-refractivity contribution is -0.122. The maximum absolute atomic E-state index is 12.0. The summed E-state index contributed by atoms with van der Waals surface area (Å²) in [5.41, 5.74) is 0.287. The predicted octanol–water partition coefficient (Wildman–Crippen LogP) is 3.40. The average molecular weight is 356 g/mol. The Kier molecular flexibility index (Phi) is 6.03. The number of carbonyl (C=O) groups is 3. The van der Waals surface area contributed by atoms with Crippen LogP contribution in [0, 0.1) is 5.92 Å². The van der Waals surface area contributed by atoms with Crippen LogP contribution in [0.15, 0.2) is 12.1 Å². The van der Waals surface area contributed by atoms with Crippen molar-refractivity contribution in [2.45, 2.75) is 26.2 Å². The van der Waals surface area contributed by atoms with Crippen molar-refractivity contribution in [1.29, 1.82) is 0 Å². The summed E-state index contributed by atoms with van der Waals surface area (Å²) >= 11 is 6.12. The van der Waals surface area contributed by atoms with E-state index in [2.05, 4.69) is 14.8 Å². The van der Waals surface area contributed by atoms with Crippen LogP contribution < -0.4 is 10.1 Å². The molecule has 7 nitrogen and oxygen atoms in total. The molecule has 1 aliphatic carbocycles. The predicted molar refractivity (Wildman–Crippen MR) is 86.4 cm³/mol. The van der Waals surface area contributed by atoms with E-state index in [1.807, 2.05) is 0 Å². The van der Waals surface area contributed by atoms with Gasteiger partial charge in [0.15, 0.2) is 0 Å². The molecule has 0 spiro atoms. The summed E-state index contributed by atoms with van der Waals surface area (Å²) in [6.07, 6.45) is 1.63. The van der Waals surface area contributed by atoms with E-state index < -0.39 is 12.1 Å². The third-order valence-electron chi connectivity index (χ3n) is 3.68. The van der Waals surface area contributed by atoms with Gasteiger partial charge in [-0.3, -0.25) is 4.79 Å². The van der Waals surface area contributed by atoms with Gasteiger partial charge in [-0.15, -0.1) is 0 Å². The highest BCUT2D eigenvalue weighted by molar-refractivity contribution is 6.34. The number of amides is 1. The highest BCUT2D eigenvalue weighted by Crippen LogP contribution is 2.33. The number of nitrogens with one attached hydrogen (secondary N) is 1. The average Bonchev–Trinajstić information content (AvgIpc) is 2.47. The summed E-state index contributed by atoms with van der Waals surface area (Å²) in [7, 11) is 1.35. The molecule has 0 radical (unpaired) electrons. The van der Waals surface area contributed by atoms with E-state index in [0.29, 0.717) is 5.69 Å². The van der Waals surface area contributed by atoms with Crippen LogP contribution in [0.3, 0.4) is 0 Å². The first-order valence-electron chi connectivity index (χ1n) is 7.53. The van der Waals surface area contributed by atoms with Crippen molar-refractivity contribution in [2.75, 3.05) is 19.0 Å². The number of hydrogen-bond acceptors (Lipinski definition) is 6. The second-order valence-corrected chi connectivity index (χ2v) is 5.63. The molecule has 1 aromatic carbocycles. The molecule has 0 unspecified atom stereocenters. The molecule has 0 bridgehead atoms. The fraction of sp³-hybridized carbons (Fsp3) is 0.438. The van der Waals surface area contributed by atoms with Crippen molar-refractivity contribution >= 4 is 35.3 Å². The zero-order chi connectivity index (χ0) is 17.7. The van der Waals surface area contributed by atoms with Crippen molar-refractivity contribution in [2.24, 2.45) is 5.92 Å². The SMILES string of the molecule is CCOC(=O)OC(=O)c1cc(Cl)c(NC(=O)C2CCC2)cc1OC. The van der Waals surface area contributed by atoms with Crippen molar-refractivity contribution in [3.05, 3.63) is 22.7 Å². The number of methoxy groups -OCH3 is 1. The van der Waals surface area contributed by atoms with Gasteiger partial charge in [0.05, 0.1) is 24.4 Å². The minimum atomic E-state index is -1.11. The van der Waals surface area contributed by atoms with Gasteiger partial charge in [-0.05, 0) is 25.8 Å². The number of rotatable bonds is 5. The highest BCUT2D eigenvalue weighted by Gasteiger charge is 2.27. The van der Waals surface area contributed by atoms with E-state index in [1.54, 1.807) is 6.92 Å². The Labute approximate surface area is 144 Å². The smallest absolute Gasteiger partial charge is 0.496 e. The highest BCUT2D eigenvalue weighted by atomic mass is 35.5. The maximum atomic E-state index is 12.0. The Morgan fingerprint density at radius 2 is 2.00 bits per heavy atom. The molecule has 0 aromatic heterocycles. The second-order valence-electron chi connectivity index (χ2n) is 5.22. The Balaban J connectivity index is 2.18.